The minimum Gasteiger partial charge on any atom is -0.322 e. The van der Waals surface area contributed by atoms with E-state index in [1.807, 2.05) is 0 Å². The highest BCUT2D eigenvalue weighted by atomic mass is 32.2. The molecule has 2 nitrogen and oxygen atoms in total. The van der Waals surface area contributed by atoms with Gasteiger partial charge in [-0.25, -0.2) is 8.78 Å². The first-order chi connectivity index (χ1) is 11.8. The maximum absolute atomic E-state index is 13.8. The molecule has 8 heteroatoms. The molecule has 2 aromatic carbocycles. The van der Waals surface area contributed by atoms with E-state index in [1.165, 1.54) is 40.9 Å². The summed E-state index contributed by atoms with van der Waals surface area (Å²) in [5, 5.41) is -0.618. The van der Waals surface area contributed by atoms with Gasteiger partial charge in [-0.15, -0.1) is 11.8 Å². The van der Waals surface area contributed by atoms with Crippen molar-refractivity contribution in [1.82, 2.24) is 4.90 Å². The van der Waals surface area contributed by atoms with Crippen molar-refractivity contribution in [2.75, 3.05) is 5.75 Å². The average molecular weight is 373 g/mol. The maximum Gasteiger partial charge on any atom is 0.419 e. The average Bonchev–Trinajstić information content (AvgIpc) is 2.87. The number of alkyl halides is 3. The van der Waals surface area contributed by atoms with E-state index in [9.17, 15) is 26.7 Å². The van der Waals surface area contributed by atoms with Crippen LogP contribution in [0, 0.1) is 11.6 Å². The third-order valence-electron chi connectivity index (χ3n) is 3.79. The van der Waals surface area contributed by atoms with Crippen LogP contribution in [0.25, 0.3) is 0 Å². The molecule has 1 unspecified atom stereocenters. The van der Waals surface area contributed by atoms with E-state index in [4.69, 9.17) is 0 Å². The largest absolute Gasteiger partial charge is 0.419 e. The number of thioether (sulfide) groups is 1. The number of hydrogen-bond acceptors (Lipinski definition) is 2. The molecule has 2 aromatic rings. The number of carbonyl (C=O) groups is 1. The summed E-state index contributed by atoms with van der Waals surface area (Å²) in [5.74, 6) is -1.94. The Morgan fingerprint density at radius 2 is 1.88 bits per heavy atom. The van der Waals surface area contributed by atoms with Crippen LogP contribution >= 0.6 is 11.8 Å². The lowest BCUT2D eigenvalue weighted by Crippen LogP contribution is -2.27. The first-order valence-corrected chi connectivity index (χ1v) is 8.33. The van der Waals surface area contributed by atoms with Crippen LogP contribution in [0.3, 0.4) is 0 Å². The highest BCUT2D eigenvalue weighted by Gasteiger charge is 2.37. The summed E-state index contributed by atoms with van der Waals surface area (Å²) in [6.07, 6.45) is -4.78. The zero-order valence-corrected chi connectivity index (χ0v) is 13.5. The minimum absolute atomic E-state index is 0.0941. The van der Waals surface area contributed by atoms with Gasteiger partial charge in [-0.1, -0.05) is 18.2 Å². The van der Waals surface area contributed by atoms with Gasteiger partial charge < -0.3 is 4.90 Å². The van der Waals surface area contributed by atoms with Crippen molar-refractivity contribution < 1.29 is 26.7 Å². The molecule has 132 valence electrons. The fourth-order valence-electron chi connectivity index (χ4n) is 2.65. The lowest BCUT2D eigenvalue weighted by molar-refractivity contribution is -0.140. The summed E-state index contributed by atoms with van der Waals surface area (Å²) >= 11 is 1.19. The lowest BCUT2D eigenvalue weighted by Gasteiger charge is -2.25. The predicted molar refractivity (Wildman–Crippen MR) is 83.6 cm³/mol. The van der Waals surface area contributed by atoms with Gasteiger partial charge in [0.1, 0.15) is 17.0 Å². The Morgan fingerprint density at radius 3 is 2.52 bits per heavy atom. The standard InChI is InChI=1S/C17H12F5NOS/c18-12-3-1-2-10(6-12)8-23-15(24)9-25-16(23)11-4-5-13(14(19)7-11)17(20,21)22/h1-7,16H,8-9H2. The summed E-state index contributed by atoms with van der Waals surface area (Å²) in [6.45, 7) is 0.0941. The van der Waals surface area contributed by atoms with Crippen molar-refractivity contribution >= 4 is 17.7 Å². The molecule has 0 N–H and O–H groups in total. The van der Waals surface area contributed by atoms with E-state index < -0.39 is 28.7 Å². The van der Waals surface area contributed by atoms with Gasteiger partial charge in [-0.2, -0.15) is 13.2 Å². The van der Waals surface area contributed by atoms with E-state index in [-0.39, 0.29) is 23.8 Å². The highest BCUT2D eigenvalue weighted by Crippen LogP contribution is 2.41. The fourth-order valence-corrected chi connectivity index (χ4v) is 3.83. The predicted octanol–water partition coefficient (Wildman–Crippen LogP) is 4.76. The number of benzene rings is 2. The molecule has 1 heterocycles. The third kappa shape index (κ3) is 3.78. The summed E-state index contributed by atoms with van der Waals surface area (Å²) < 4.78 is 65.2. The zero-order chi connectivity index (χ0) is 18.2. The maximum atomic E-state index is 13.8. The molecule has 1 fully saturated rings. The molecule has 1 saturated heterocycles. The van der Waals surface area contributed by atoms with Gasteiger partial charge in [0.15, 0.2) is 0 Å². The van der Waals surface area contributed by atoms with Crippen LogP contribution in [0.5, 0.6) is 0 Å². The Balaban J connectivity index is 1.88. The molecule has 25 heavy (non-hydrogen) atoms. The van der Waals surface area contributed by atoms with Gasteiger partial charge >= 0.3 is 6.18 Å². The second-order valence-electron chi connectivity index (χ2n) is 5.55. The van der Waals surface area contributed by atoms with Crippen LogP contribution in [0.1, 0.15) is 22.1 Å². The number of rotatable bonds is 3. The van der Waals surface area contributed by atoms with E-state index in [0.717, 1.165) is 6.07 Å². The smallest absolute Gasteiger partial charge is 0.322 e. The monoisotopic (exact) mass is 373 g/mol. The van der Waals surface area contributed by atoms with Crippen molar-refractivity contribution in [3.05, 3.63) is 70.8 Å². The Bertz CT molecular complexity index is 808. The summed E-state index contributed by atoms with van der Waals surface area (Å²) in [7, 11) is 0. The van der Waals surface area contributed by atoms with Crippen LogP contribution in [-0.4, -0.2) is 16.6 Å². The second kappa shape index (κ2) is 6.67. The van der Waals surface area contributed by atoms with Crippen LogP contribution in [0.15, 0.2) is 42.5 Å². The van der Waals surface area contributed by atoms with Gasteiger partial charge in [0.05, 0.1) is 11.3 Å². The van der Waals surface area contributed by atoms with Crippen molar-refractivity contribution in [2.45, 2.75) is 18.1 Å². The Kier molecular flexibility index (Phi) is 4.73. The van der Waals surface area contributed by atoms with Crippen LogP contribution in [-0.2, 0) is 17.5 Å². The molecule has 0 spiro atoms. The summed E-state index contributed by atoms with van der Waals surface area (Å²) in [6, 6.07) is 8.34. The number of amides is 1. The van der Waals surface area contributed by atoms with Gasteiger partial charge in [-0.3, -0.25) is 4.79 Å². The van der Waals surface area contributed by atoms with Crippen molar-refractivity contribution in [3.8, 4) is 0 Å². The Morgan fingerprint density at radius 1 is 1.12 bits per heavy atom. The fraction of sp³-hybridized carbons (Fsp3) is 0.235. The van der Waals surface area contributed by atoms with Crippen LogP contribution in [0.2, 0.25) is 0 Å². The van der Waals surface area contributed by atoms with E-state index >= 15 is 0 Å². The van der Waals surface area contributed by atoms with Gasteiger partial charge in [0, 0.05) is 6.54 Å². The molecule has 3 rings (SSSR count). The summed E-state index contributed by atoms with van der Waals surface area (Å²) in [4.78, 5) is 13.5. The molecule has 1 aliphatic rings. The lowest BCUT2D eigenvalue weighted by atomic mass is 10.1. The van der Waals surface area contributed by atoms with E-state index in [1.54, 1.807) is 6.07 Å². The Hall–Kier alpha value is -2.09. The third-order valence-corrected chi connectivity index (χ3v) is 5.05. The second-order valence-corrected chi connectivity index (χ2v) is 6.62. The van der Waals surface area contributed by atoms with Gasteiger partial charge in [0.25, 0.3) is 0 Å². The Labute approximate surface area is 144 Å². The van der Waals surface area contributed by atoms with Gasteiger partial charge in [-0.05, 0) is 35.4 Å². The van der Waals surface area contributed by atoms with Crippen molar-refractivity contribution in [3.63, 3.8) is 0 Å². The van der Waals surface area contributed by atoms with Crippen molar-refractivity contribution in [2.24, 2.45) is 0 Å². The van der Waals surface area contributed by atoms with Gasteiger partial charge in [0.2, 0.25) is 5.91 Å². The zero-order valence-electron chi connectivity index (χ0n) is 12.7. The first-order valence-electron chi connectivity index (χ1n) is 7.28. The molecular formula is C17H12F5NOS. The van der Waals surface area contributed by atoms with Crippen molar-refractivity contribution in [1.29, 1.82) is 0 Å². The topological polar surface area (TPSA) is 20.3 Å². The minimum atomic E-state index is -4.78. The van der Waals surface area contributed by atoms with E-state index in [2.05, 4.69) is 0 Å². The number of carbonyl (C=O) groups excluding carboxylic acids is 1. The molecule has 0 aromatic heterocycles. The molecule has 0 saturated carbocycles. The molecular weight excluding hydrogens is 361 g/mol. The highest BCUT2D eigenvalue weighted by molar-refractivity contribution is 8.00. The quantitative estimate of drug-likeness (QED) is 0.723. The molecule has 1 amide bonds. The molecule has 0 radical (unpaired) electrons. The van der Waals surface area contributed by atoms with E-state index in [0.29, 0.717) is 11.6 Å². The SMILES string of the molecule is O=C1CSC(c2ccc(C(F)(F)F)c(F)c2)N1Cc1cccc(F)c1. The number of hydrogen-bond donors (Lipinski definition) is 0. The number of nitrogens with zero attached hydrogens (tertiary/aromatic N) is 1. The number of halogens is 5. The van der Waals surface area contributed by atoms with Crippen LogP contribution < -0.4 is 0 Å². The molecule has 1 atom stereocenters. The normalized spacial score (nSPS) is 18.0. The summed E-state index contributed by atoms with van der Waals surface area (Å²) in [5.41, 5.74) is -0.534. The molecule has 1 aliphatic heterocycles. The molecule has 0 bridgehead atoms. The van der Waals surface area contributed by atoms with Crippen LogP contribution in [0.4, 0.5) is 22.0 Å². The molecule has 0 aliphatic carbocycles. The first kappa shape index (κ1) is 17.7.